The molecule has 0 aliphatic carbocycles. The van der Waals surface area contributed by atoms with Gasteiger partial charge < -0.3 is 15.6 Å². The van der Waals surface area contributed by atoms with Gasteiger partial charge in [-0.25, -0.2) is 9.18 Å². The van der Waals surface area contributed by atoms with E-state index in [0.717, 1.165) is 5.56 Å². The molecule has 98 valence electrons. The molecule has 2 rings (SSSR count). The highest BCUT2D eigenvalue weighted by Crippen LogP contribution is 2.22. The third kappa shape index (κ3) is 3.22. The number of nitrogen functional groups attached to an aromatic ring is 1. The number of benzene rings is 2. The number of carbonyl (C=O) groups is 1. The summed E-state index contributed by atoms with van der Waals surface area (Å²) in [5.41, 5.74) is 6.63. The van der Waals surface area contributed by atoms with Gasteiger partial charge in [0.1, 0.15) is 23.7 Å². The Morgan fingerprint density at radius 1 is 1.21 bits per heavy atom. The van der Waals surface area contributed by atoms with Crippen molar-refractivity contribution in [2.24, 2.45) is 0 Å². The van der Waals surface area contributed by atoms with Crippen molar-refractivity contribution < 1.29 is 19.0 Å². The zero-order chi connectivity index (χ0) is 13.8. The van der Waals surface area contributed by atoms with Crippen LogP contribution in [0.4, 0.5) is 10.1 Å². The van der Waals surface area contributed by atoms with Crippen molar-refractivity contribution in [3.8, 4) is 5.75 Å². The monoisotopic (exact) mass is 261 g/mol. The van der Waals surface area contributed by atoms with E-state index in [1.807, 2.05) is 0 Å². The van der Waals surface area contributed by atoms with Gasteiger partial charge in [0.15, 0.2) is 0 Å². The number of hydrogen-bond donors (Lipinski definition) is 2. The number of carboxylic acid groups (broad SMARTS) is 1. The number of carboxylic acids is 1. The summed E-state index contributed by atoms with van der Waals surface area (Å²) >= 11 is 0. The molecule has 2 aromatic rings. The van der Waals surface area contributed by atoms with Crippen molar-refractivity contribution in [1.29, 1.82) is 0 Å². The Kier molecular flexibility index (Phi) is 3.66. The fraction of sp³-hybridized carbons (Fsp3) is 0.0714. The third-order valence-electron chi connectivity index (χ3n) is 2.54. The lowest BCUT2D eigenvalue weighted by Gasteiger charge is -2.09. The number of halogens is 1. The zero-order valence-electron chi connectivity index (χ0n) is 9.97. The Morgan fingerprint density at radius 2 is 1.89 bits per heavy atom. The summed E-state index contributed by atoms with van der Waals surface area (Å²) in [5.74, 6) is -1.21. The average Bonchev–Trinajstić information content (AvgIpc) is 2.39. The first kappa shape index (κ1) is 12.9. The lowest BCUT2D eigenvalue weighted by molar-refractivity contribution is 0.0692. The maximum absolute atomic E-state index is 12.7. The smallest absolute Gasteiger partial charge is 0.339 e. The standard InChI is InChI=1S/C14H12FNO3/c15-10-3-1-9(2-4-10)8-19-13-6-5-11(16)7-12(13)14(17)18/h1-7H,8,16H2,(H,17,18). The first-order valence-corrected chi connectivity index (χ1v) is 5.56. The number of hydrogen-bond acceptors (Lipinski definition) is 3. The van der Waals surface area contributed by atoms with Crippen molar-refractivity contribution in [3.05, 3.63) is 59.4 Å². The Bertz CT molecular complexity index is 596. The van der Waals surface area contributed by atoms with Crippen LogP contribution in [-0.2, 0) is 6.61 Å². The molecule has 2 aromatic carbocycles. The highest BCUT2D eigenvalue weighted by Gasteiger charge is 2.11. The van der Waals surface area contributed by atoms with E-state index in [9.17, 15) is 9.18 Å². The summed E-state index contributed by atoms with van der Waals surface area (Å²) in [4.78, 5) is 11.0. The molecule has 0 aromatic heterocycles. The van der Waals surface area contributed by atoms with Gasteiger partial charge in [0, 0.05) is 5.69 Å². The molecule has 5 heteroatoms. The fourth-order valence-corrected chi connectivity index (χ4v) is 1.58. The quantitative estimate of drug-likeness (QED) is 0.830. The summed E-state index contributed by atoms with van der Waals surface area (Å²) in [5, 5.41) is 9.04. The molecule has 0 aliphatic heterocycles. The second-order valence-electron chi connectivity index (χ2n) is 3.98. The van der Waals surface area contributed by atoms with E-state index in [2.05, 4.69) is 0 Å². The van der Waals surface area contributed by atoms with Crippen LogP contribution in [0.2, 0.25) is 0 Å². The lowest BCUT2D eigenvalue weighted by Crippen LogP contribution is -2.04. The average molecular weight is 261 g/mol. The van der Waals surface area contributed by atoms with Crippen LogP contribution in [0.5, 0.6) is 5.75 Å². The van der Waals surface area contributed by atoms with E-state index in [1.165, 1.54) is 24.3 Å². The largest absolute Gasteiger partial charge is 0.488 e. The number of anilines is 1. The number of rotatable bonds is 4. The van der Waals surface area contributed by atoms with Gasteiger partial charge in [-0.3, -0.25) is 0 Å². The highest BCUT2D eigenvalue weighted by molar-refractivity contribution is 5.92. The predicted molar refractivity (Wildman–Crippen MR) is 68.5 cm³/mol. The first-order chi connectivity index (χ1) is 9.06. The van der Waals surface area contributed by atoms with Crippen molar-refractivity contribution in [2.45, 2.75) is 6.61 Å². The summed E-state index contributed by atoms with van der Waals surface area (Å²) in [6.45, 7) is 0.157. The molecule has 0 bridgehead atoms. The SMILES string of the molecule is Nc1ccc(OCc2ccc(F)cc2)c(C(=O)O)c1. The molecule has 0 radical (unpaired) electrons. The second kappa shape index (κ2) is 5.39. The zero-order valence-corrected chi connectivity index (χ0v) is 9.97. The van der Waals surface area contributed by atoms with E-state index in [0.29, 0.717) is 5.69 Å². The molecule has 0 amide bonds. The topological polar surface area (TPSA) is 72.5 Å². The van der Waals surface area contributed by atoms with Crippen molar-refractivity contribution >= 4 is 11.7 Å². The Labute approximate surface area is 109 Å². The normalized spacial score (nSPS) is 10.2. The molecule has 0 fully saturated rings. The van der Waals surface area contributed by atoms with Gasteiger partial charge in [0.25, 0.3) is 0 Å². The van der Waals surface area contributed by atoms with Gasteiger partial charge in [0.05, 0.1) is 0 Å². The molecule has 0 saturated carbocycles. The minimum Gasteiger partial charge on any atom is -0.488 e. The van der Waals surface area contributed by atoms with Crippen LogP contribution in [0.3, 0.4) is 0 Å². The number of aromatic carboxylic acids is 1. The van der Waals surface area contributed by atoms with E-state index in [4.69, 9.17) is 15.6 Å². The lowest BCUT2D eigenvalue weighted by atomic mass is 10.2. The molecule has 4 nitrogen and oxygen atoms in total. The molecule has 0 heterocycles. The second-order valence-corrected chi connectivity index (χ2v) is 3.98. The molecular formula is C14H12FNO3. The van der Waals surface area contributed by atoms with Crippen LogP contribution in [-0.4, -0.2) is 11.1 Å². The van der Waals surface area contributed by atoms with E-state index in [-0.39, 0.29) is 23.7 Å². The Balaban J connectivity index is 2.15. The third-order valence-corrected chi connectivity index (χ3v) is 2.54. The minimum absolute atomic E-state index is 0.00196. The van der Waals surface area contributed by atoms with Crippen LogP contribution in [0.15, 0.2) is 42.5 Å². The predicted octanol–water partition coefficient (Wildman–Crippen LogP) is 2.69. The van der Waals surface area contributed by atoms with Gasteiger partial charge in [-0.05, 0) is 35.9 Å². The summed E-state index contributed by atoms with van der Waals surface area (Å²) in [7, 11) is 0. The summed E-state index contributed by atoms with van der Waals surface area (Å²) in [6, 6.07) is 10.2. The van der Waals surface area contributed by atoms with Crippen LogP contribution in [0.1, 0.15) is 15.9 Å². The molecule has 19 heavy (non-hydrogen) atoms. The highest BCUT2D eigenvalue weighted by atomic mass is 19.1. The minimum atomic E-state index is -1.11. The van der Waals surface area contributed by atoms with Crippen molar-refractivity contribution in [2.75, 3.05) is 5.73 Å². The summed E-state index contributed by atoms with van der Waals surface area (Å²) < 4.78 is 18.2. The van der Waals surface area contributed by atoms with Crippen molar-refractivity contribution in [1.82, 2.24) is 0 Å². The maximum Gasteiger partial charge on any atom is 0.339 e. The molecule has 3 N–H and O–H groups in total. The van der Waals surface area contributed by atoms with Gasteiger partial charge in [-0.15, -0.1) is 0 Å². The van der Waals surface area contributed by atoms with E-state index < -0.39 is 5.97 Å². The van der Waals surface area contributed by atoms with Crippen LogP contribution < -0.4 is 10.5 Å². The number of ether oxygens (including phenoxy) is 1. The maximum atomic E-state index is 12.7. The summed E-state index contributed by atoms with van der Waals surface area (Å²) in [6.07, 6.45) is 0. The fourth-order valence-electron chi connectivity index (χ4n) is 1.58. The van der Waals surface area contributed by atoms with Crippen LogP contribution in [0.25, 0.3) is 0 Å². The molecule has 0 unspecified atom stereocenters. The van der Waals surface area contributed by atoms with Crippen molar-refractivity contribution in [3.63, 3.8) is 0 Å². The Hall–Kier alpha value is -2.56. The van der Waals surface area contributed by atoms with Gasteiger partial charge >= 0.3 is 5.97 Å². The Morgan fingerprint density at radius 3 is 2.53 bits per heavy atom. The first-order valence-electron chi connectivity index (χ1n) is 5.56. The van der Waals surface area contributed by atoms with E-state index >= 15 is 0 Å². The molecule has 0 spiro atoms. The molecule has 0 aliphatic rings. The van der Waals surface area contributed by atoms with Gasteiger partial charge in [-0.2, -0.15) is 0 Å². The molecule has 0 saturated heterocycles. The molecule has 0 atom stereocenters. The van der Waals surface area contributed by atoms with Crippen LogP contribution >= 0.6 is 0 Å². The van der Waals surface area contributed by atoms with Gasteiger partial charge in [-0.1, -0.05) is 12.1 Å². The van der Waals surface area contributed by atoms with E-state index in [1.54, 1.807) is 18.2 Å². The number of nitrogens with two attached hydrogens (primary N) is 1. The molecular weight excluding hydrogens is 249 g/mol. The van der Waals surface area contributed by atoms with Crippen LogP contribution in [0, 0.1) is 5.82 Å². The van der Waals surface area contributed by atoms with Gasteiger partial charge in [0.2, 0.25) is 0 Å².